The van der Waals surface area contributed by atoms with Gasteiger partial charge in [-0.2, -0.15) is 9.78 Å². The van der Waals surface area contributed by atoms with Crippen molar-refractivity contribution in [1.82, 2.24) is 19.7 Å². The van der Waals surface area contributed by atoms with Crippen LogP contribution in [0.2, 0.25) is 5.02 Å². The first-order chi connectivity index (χ1) is 14.3. The van der Waals surface area contributed by atoms with Crippen LogP contribution in [0, 0.1) is 23.2 Å². The molecule has 1 aromatic carbocycles. The molecule has 0 saturated heterocycles. The molecule has 4 saturated carbocycles. The lowest BCUT2D eigenvalue weighted by molar-refractivity contribution is -0.0503. The Morgan fingerprint density at radius 1 is 1.17 bits per heavy atom. The minimum atomic E-state index is -0.579. The quantitative estimate of drug-likeness (QED) is 0.810. The summed E-state index contributed by atoms with van der Waals surface area (Å²) in [4.78, 5) is 37.0. The van der Waals surface area contributed by atoms with E-state index >= 15 is 0 Å². The van der Waals surface area contributed by atoms with E-state index in [4.69, 9.17) is 11.6 Å². The third kappa shape index (κ3) is 3.29. The highest BCUT2D eigenvalue weighted by molar-refractivity contribution is 6.33. The monoisotopic (exact) mass is 428 g/mol. The smallest absolute Gasteiger partial charge is 0.351 e. The summed E-state index contributed by atoms with van der Waals surface area (Å²) in [5.41, 5.74) is -0.144. The van der Waals surface area contributed by atoms with Crippen molar-refractivity contribution in [2.75, 3.05) is 6.54 Å². The summed E-state index contributed by atoms with van der Waals surface area (Å²) in [6, 6.07) is 4.74. The molecular formula is C22H25ClN4O3. The van der Waals surface area contributed by atoms with Crippen LogP contribution in [0.3, 0.4) is 0 Å². The van der Waals surface area contributed by atoms with Crippen molar-refractivity contribution in [3.63, 3.8) is 0 Å². The number of benzene rings is 1. The van der Waals surface area contributed by atoms with Gasteiger partial charge < -0.3 is 5.32 Å². The van der Waals surface area contributed by atoms with Crippen molar-refractivity contribution in [1.29, 1.82) is 0 Å². The highest BCUT2D eigenvalue weighted by Gasteiger charge is 2.50. The Morgan fingerprint density at radius 3 is 2.43 bits per heavy atom. The summed E-state index contributed by atoms with van der Waals surface area (Å²) in [5.74, 6) is 2.23. The van der Waals surface area contributed by atoms with Crippen LogP contribution >= 0.6 is 11.6 Å². The molecule has 0 unspecified atom stereocenters. The Hall–Kier alpha value is -2.41. The molecule has 0 aliphatic heterocycles. The van der Waals surface area contributed by atoms with Crippen molar-refractivity contribution >= 4 is 17.5 Å². The van der Waals surface area contributed by atoms with E-state index in [1.54, 1.807) is 18.2 Å². The van der Waals surface area contributed by atoms with Crippen LogP contribution in [-0.2, 0) is 7.05 Å². The standard InChI is InChI=1S/C22H25ClN4O3/c1-26-19(28)11-25-27(21(26)30)16-2-3-18(23)17(7-16)20(29)24-12-22-8-13-4-14(9-22)6-15(5-13)10-22/h2-3,7,11,13-15H,4-6,8-10,12H2,1H3,(H,24,29). The second-order valence-electron chi connectivity index (χ2n) is 9.50. The van der Waals surface area contributed by atoms with Gasteiger partial charge in [-0.1, -0.05) is 11.6 Å². The molecule has 0 radical (unpaired) electrons. The molecule has 30 heavy (non-hydrogen) atoms. The molecule has 1 aromatic heterocycles. The molecule has 4 aliphatic rings. The lowest BCUT2D eigenvalue weighted by atomic mass is 9.49. The average Bonchev–Trinajstić information content (AvgIpc) is 2.70. The summed E-state index contributed by atoms with van der Waals surface area (Å²) in [6.45, 7) is 0.675. The van der Waals surface area contributed by atoms with Crippen LogP contribution in [-0.4, -0.2) is 26.8 Å². The predicted octanol–water partition coefficient (Wildman–Crippen LogP) is 2.53. The number of nitrogens with zero attached hydrogens (tertiary/aromatic N) is 3. The number of amides is 1. The fraction of sp³-hybridized carbons (Fsp3) is 0.545. The van der Waals surface area contributed by atoms with Gasteiger partial charge in [-0.05, 0) is 79.9 Å². The van der Waals surface area contributed by atoms with Crippen LogP contribution in [0.15, 0.2) is 34.0 Å². The summed E-state index contributed by atoms with van der Waals surface area (Å²) in [6.07, 6.45) is 8.80. The first-order valence-corrected chi connectivity index (χ1v) is 10.9. The molecule has 0 atom stereocenters. The van der Waals surface area contributed by atoms with E-state index in [1.165, 1.54) is 45.6 Å². The number of hydrogen-bond donors (Lipinski definition) is 1. The van der Waals surface area contributed by atoms with Crippen molar-refractivity contribution in [2.24, 2.45) is 30.2 Å². The van der Waals surface area contributed by atoms with E-state index in [2.05, 4.69) is 10.4 Å². The predicted molar refractivity (Wildman–Crippen MR) is 113 cm³/mol. The molecule has 8 heteroatoms. The second-order valence-corrected chi connectivity index (χ2v) is 9.91. The zero-order chi connectivity index (χ0) is 21.0. The van der Waals surface area contributed by atoms with Crippen LogP contribution in [0.5, 0.6) is 0 Å². The van der Waals surface area contributed by atoms with Gasteiger partial charge in [-0.15, -0.1) is 0 Å². The maximum atomic E-state index is 13.0. The molecule has 6 rings (SSSR count). The van der Waals surface area contributed by atoms with E-state index < -0.39 is 11.2 Å². The first kappa shape index (κ1) is 19.5. The number of carbonyl (C=O) groups excluding carboxylic acids is 1. The fourth-order valence-corrected chi connectivity index (χ4v) is 6.55. The molecule has 4 aliphatic carbocycles. The molecular weight excluding hydrogens is 404 g/mol. The number of rotatable bonds is 4. The van der Waals surface area contributed by atoms with Gasteiger partial charge in [-0.25, -0.2) is 4.79 Å². The lowest BCUT2D eigenvalue weighted by Crippen LogP contribution is -2.51. The molecule has 158 valence electrons. The van der Waals surface area contributed by atoms with Gasteiger partial charge in [0.15, 0.2) is 0 Å². The zero-order valence-corrected chi connectivity index (χ0v) is 17.7. The zero-order valence-electron chi connectivity index (χ0n) is 16.9. The number of halogens is 1. The molecule has 7 nitrogen and oxygen atoms in total. The van der Waals surface area contributed by atoms with Gasteiger partial charge >= 0.3 is 5.69 Å². The summed E-state index contributed by atoms with van der Waals surface area (Å²) >= 11 is 6.31. The average molecular weight is 429 g/mol. The van der Waals surface area contributed by atoms with Crippen molar-refractivity contribution in [3.05, 3.63) is 55.8 Å². The third-order valence-electron chi connectivity index (χ3n) is 7.31. The summed E-state index contributed by atoms with van der Waals surface area (Å²) in [7, 11) is 1.39. The lowest BCUT2D eigenvalue weighted by Gasteiger charge is -2.56. The van der Waals surface area contributed by atoms with Gasteiger partial charge in [0, 0.05) is 13.6 Å². The fourth-order valence-electron chi connectivity index (χ4n) is 6.35. The van der Waals surface area contributed by atoms with Crippen LogP contribution in [0.4, 0.5) is 0 Å². The van der Waals surface area contributed by atoms with Crippen molar-refractivity contribution in [2.45, 2.75) is 38.5 Å². The number of hydrogen-bond acceptors (Lipinski definition) is 4. The molecule has 1 N–H and O–H groups in total. The second kappa shape index (κ2) is 7.08. The number of nitrogens with one attached hydrogen (secondary N) is 1. The van der Waals surface area contributed by atoms with Crippen LogP contribution < -0.4 is 16.6 Å². The maximum absolute atomic E-state index is 13.0. The van der Waals surface area contributed by atoms with E-state index in [1.807, 2.05) is 0 Å². The van der Waals surface area contributed by atoms with Gasteiger partial charge in [0.25, 0.3) is 11.5 Å². The Labute approximate surface area is 179 Å². The molecule has 1 amide bonds. The molecule has 4 fully saturated rings. The molecule has 2 aromatic rings. The van der Waals surface area contributed by atoms with Gasteiger partial charge in [0.05, 0.1) is 16.3 Å². The normalized spacial score (nSPS) is 29.2. The van der Waals surface area contributed by atoms with Crippen LogP contribution in [0.1, 0.15) is 48.9 Å². The van der Waals surface area contributed by atoms with Crippen molar-refractivity contribution in [3.8, 4) is 5.69 Å². The van der Waals surface area contributed by atoms with E-state index in [0.29, 0.717) is 22.8 Å². The minimum absolute atomic E-state index is 0.227. The van der Waals surface area contributed by atoms with Crippen molar-refractivity contribution < 1.29 is 4.79 Å². The molecule has 0 spiro atoms. The molecule has 1 heterocycles. The Balaban J connectivity index is 1.38. The summed E-state index contributed by atoms with van der Waals surface area (Å²) < 4.78 is 2.06. The number of carbonyl (C=O) groups is 1. The van der Waals surface area contributed by atoms with Gasteiger partial charge in [0.2, 0.25) is 0 Å². The Kier molecular flexibility index (Phi) is 4.61. The Bertz CT molecular complexity index is 1100. The van der Waals surface area contributed by atoms with Crippen LogP contribution in [0.25, 0.3) is 5.69 Å². The minimum Gasteiger partial charge on any atom is -0.351 e. The van der Waals surface area contributed by atoms with E-state index in [-0.39, 0.29) is 11.3 Å². The number of aromatic nitrogens is 3. The van der Waals surface area contributed by atoms with E-state index in [9.17, 15) is 14.4 Å². The van der Waals surface area contributed by atoms with E-state index in [0.717, 1.165) is 33.2 Å². The molecule has 4 bridgehead atoms. The maximum Gasteiger partial charge on any atom is 0.351 e. The van der Waals surface area contributed by atoms with Gasteiger partial charge in [0.1, 0.15) is 6.20 Å². The topological polar surface area (TPSA) is 86.0 Å². The SMILES string of the molecule is Cn1c(=O)cnn(-c2ccc(Cl)c(C(=O)NCC34CC5CC(CC(C5)C3)C4)c2)c1=O. The highest BCUT2D eigenvalue weighted by atomic mass is 35.5. The summed E-state index contributed by atoms with van der Waals surface area (Å²) in [5, 5.41) is 7.35. The largest absolute Gasteiger partial charge is 0.351 e. The van der Waals surface area contributed by atoms with Gasteiger partial charge in [-0.3, -0.25) is 14.2 Å². The third-order valence-corrected chi connectivity index (χ3v) is 7.64. The Morgan fingerprint density at radius 2 is 1.80 bits per heavy atom. The highest BCUT2D eigenvalue weighted by Crippen LogP contribution is 2.59. The first-order valence-electron chi connectivity index (χ1n) is 10.6.